The number of esters is 1. The van der Waals surface area contributed by atoms with Crippen LogP contribution in [-0.4, -0.2) is 50.2 Å². The minimum Gasteiger partial charge on any atom is -0.465 e. The van der Waals surface area contributed by atoms with Crippen LogP contribution in [0.25, 0.3) is 0 Å². The zero-order valence-corrected chi connectivity index (χ0v) is 12.7. The molecule has 0 aliphatic carbocycles. The summed E-state index contributed by atoms with van der Waals surface area (Å²) < 4.78 is 4.80. The van der Waals surface area contributed by atoms with E-state index >= 15 is 0 Å². The third-order valence-corrected chi connectivity index (χ3v) is 4.94. The fourth-order valence-corrected chi connectivity index (χ4v) is 3.59. The highest BCUT2D eigenvalue weighted by Crippen LogP contribution is 2.33. The number of benzene rings is 1. The van der Waals surface area contributed by atoms with Crippen molar-refractivity contribution in [2.24, 2.45) is 0 Å². The number of nitrogens with zero attached hydrogens (tertiary/aromatic N) is 2. The van der Waals surface area contributed by atoms with Crippen molar-refractivity contribution in [1.82, 2.24) is 4.90 Å². The summed E-state index contributed by atoms with van der Waals surface area (Å²) in [5.41, 5.74) is 8.38. The van der Waals surface area contributed by atoms with Gasteiger partial charge in [-0.1, -0.05) is 0 Å². The topological polar surface area (TPSA) is 58.8 Å². The molecule has 2 atom stereocenters. The van der Waals surface area contributed by atoms with Gasteiger partial charge in [0.25, 0.3) is 0 Å². The molecule has 2 heterocycles. The second kappa shape index (κ2) is 5.56. The molecule has 1 aromatic rings. The van der Waals surface area contributed by atoms with Crippen molar-refractivity contribution < 1.29 is 9.53 Å². The van der Waals surface area contributed by atoms with Gasteiger partial charge in [0, 0.05) is 25.2 Å². The van der Waals surface area contributed by atoms with Gasteiger partial charge in [-0.15, -0.1) is 0 Å². The summed E-state index contributed by atoms with van der Waals surface area (Å²) in [6.07, 6.45) is 3.69. The lowest BCUT2D eigenvalue weighted by molar-refractivity contribution is 0.0601. The summed E-state index contributed by atoms with van der Waals surface area (Å²) in [5.74, 6) is -0.315. The number of carbonyl (C=O) groups excluding carboxylic acids is 1. The number of likely N-dealkylation sites (N-methyl/N-ethyl adjacent to an activating group) is 1. The molecule has 2 unspecified atom stereocenters. The average Bonchev–Trinajstić information content (AvgIpc) is 2.72. The molecular formula is C16H23N3O2. The minimum absolute atomic E-state index is 0.315. The van der Waals surface area contributed by atoms with Gasteiger partial charge in [-0.2, -0.15) is 0 Å². The normalized spacial score (nSPS) is 25.7. The van der Waals surface area contributed by atoms with Gasteiger partial charge in [0.2, 0.25) is 0 Å². The Morgan fingerprint density at radius 1 is 1.29 bits per heavy atom. The maximum Gasteiger partial charge on any atom is 0.337 e. The molecule has 2 aliphatic rings. The zero-order chi connectivity index (χ0) is 15.0. The first-order valence-corrected chi connectivity index (χ1v) is 7.55. The Labute approximate surface area is 125 Å². The van der Waals surface area contributed by atoms with Gasteiger partial charge in [0.05, 0.1) is 24.0 Å². The Morgan fingerprint density at radius 2 is 2.05 bits per heavy atom. The van der Waals surface area contributed by atoms with E-state index in [1.165, 1.54) is 20.0 Å². The van der Waals surface area contributed by atoms with E-state index in [1.807, 2.05) is 6.07 Å². The van der Waals surface area contributed by atoms with E-state index < -0.39 is 0 Å². The van der Waals surface area contributed by atoms with Gasteiger partial charge >= 0.3 is 5.97 Å². The lowest BCUT2D eigenvalue weighted by Gasteiger charge is -2.28. The van der Waals surface area contributed by atoms with Crippen molar-refractivity contribution in [2.45, 2.75) is 31.3 Å². The fourth-order valence-electron chi connectivity index (χ4n) is 3.59. The molecule has 3 rings (SSSR count). The molecule has 2 saturated heterocycles. The van der Waals surface area contributed by atoms with E-state index in [9.17, 15) is 4.79 Å². The number of fused-ring (bicyclic) bond motifs is 2. The van der Waals surface area contributed by atoms with E-state index in [-0.39, 0.29) is 5.97 Å². The van der Waals surface area contributed by atoms with Gasteiger partial charge in [-0.3, -0.25) is 4.90 Å². The number of hydrogen-bond acceptors (Lipinski definition) is 5. The van der Waals surface area contributed by atoms with E-state index in [1.54, 1.807) is 12.1 Å². The molecule has 0 saturated carbocycles. The molecule has 114 valence electrons. The van der Waals surface area contributed by atoms with E-state index in [0.717, 1.165) is 30.9 Å². The Hall–Kier alpha value is -1.75. The molecule has 5 nitrogen and oxygen atoms in total. The Bertz CT molecular complexity index is 546. The molecule has 21 heavy (non-hydrogen) atoms. The third-order valence-electron chi connectivity index (χ3n) is 4.94. The average molecular weight is 289 g/mol. The van der Waals surface area contributed by atoms with Gasteiger partial charge in [0.1, 0.15) is 0 Å². The third kappa shape index (κ3) is 2.58. The van der Waals surface area contributed by atoms with Gasteiger partial charge < -0.3 is 15.4 Å². The predicted molar refractivity (Wildman–Crippen MR) is 83.6 cm³/mol. The van der Waals surface area contributed by atoms with E-state index in [0.29, 0.717) is 17.6 Å². The number of rotatable bonds is 2. The number of nitrogen functional groups attached to an aromatic ring is 1. The van der Waals surface area contributed by atoms with Crippen LogP contribution >= 0.6 is 0 Å². The summed E-state index contributed by atoms with van der Waals surface area (Å²) in [4.78, 5) is 16.5. The molecule has 1 aromatic carbocycles. The number of nitrogens with two attached hydrogens (primary N) is 1. The van der Waals surface area contributed by atoms with Crippen LogP contribution in [0.4, 0.5) is 11.4 Å². The lowest BCUT2D eigenvalue weighted by Crippen LogP contribution is -2.37. The molecule has 0 amide bonds. The summed E-state index contributed by atoms with van der Waals surface area (Å²) in [6.45, 7) is 1.96. The molecule has 2 bridgehead atoms. The van der Waals surface area contributed by atoms with Crippen LogP contribution in [0.1, 0.15) is 29.6 Å². The second-order valence-electron chi connectivity index (χ2n) is 6.05. The number of anilines is 2. The fraction of sp³-hybridized carbons (Fsp3) is 0.562. The van der Waals surface area contributed by atoms with Crippen LogP contribution in [0.2, 0.25) is 0 Å². The summed E-state index contributed by atoms with van der Waals surface area (Å²) in [6, 6.07) is 6.65. The smallest absolute Gasteiger partial charge is 0.337 e. The largest absolute Gasteiger partial charge is 0.465 e. The number of carbonyl (C=O) groups is 1. The summed E-state index contributed by atoms with van der Waals surface area (Å²) in [7, 11) is 3.62. The molecule has 2 fully saturated rings. The highest BCUT2D eigenvalue weighted by Gasteiger charge is 2.35. The van der Waals surface area contributed by atoms with Crippen molar-refractivity contribution >= 4 is 17.3 Å². The standard InChI is InChI=1S/C16H23N3O2/c1-18-12-4-5-13(18)10-19(8-7-12)15-9-11(16(20)21-2)3-6-14(15)17/h3,6,9,12-13H,4-5,7-8,10,17H2,1-2H3. The summed E-state index contributed by atoms with van der Waals surface area (Å²) in [5, 5.41) is 0. The Kier molecular flexibility index (Phi) is 3.76. The quantitative estimate of drug-likeness (QED) is 0.664. The SMILES string of the molecule is COC(=O)c1ccc(N)c(N2CCC3CCC(C2)N3C)c1. The van der Waals surface area contributed by atoms with Crippen LogP contribution in [0.5, 0.6) is 0 Å². The van der Waals surface area contributed by atoms with Gasteiger partial charge in [-0.05, 0) is 44.5 Å². The second-order valence-corrected chi connectivity index (χ2v) is 6.05. The first-order valence-electron chi connectivity index (χ1n) is 7.55. The van der Waals surface area contributed by atoms with Gasteiger partial charge in [-0.25, -0.2) is 4.79 Å². The van der Waals surface area contributed by atoms with Gasteiger partial charge in [0.15, 0.2) is 0 Å². The van der Waals surface area contributed by atoms with Crippen molar-refractivity contribution in [3.05, 3.63) is 23.8 Å². The Morgan fingerprint density at radius 3 is 2.81 bits per heavy atom. The van der Waals surface area contributed by atoms with Crippen molar-refractivity contribution in [3.8, 4) is 0 Å². The van der Waals surface area contributed by atoms with Crippen LogP contribution < -0.4 is 10.6 Å². The molecule has 2 N–H and O–H groups in total. The van der Waals surface area contributed by atoms with Crippen LogP contribution in [0.3, 0.4) is 0 Å². The Balaban J connectivity index is 1.87. The maximum atomic E-state index is 11.7. The lowest BCUT2D eigenvalue weighted by atomic mass is 10.1. The predicted octanol–water partition coefficient (Wildman–Crippen LogP) is 1.73. The molecule has 0 spiro atoms. The van der Waals surface area contributed by atoms with Crippen LogP contribution in [-0.2, 0) is 4.74 Å². The minimum atomic E-state index is -0.315. The maximum absolute atomic E-state index is 11.7. The first kappa shape index (κ1) is 14.2. The molecule has 5 heteroatoms. The van der Waals surface area contributed by atoms with Crippen molar-refractivity contribution in [3.63, 3.8) is 0 Å². The number of hydrogen-bond donors (Lipinski definition) is 1. The van der Waals surface area contributed by atoms with E-state index in [2.05, 4.69) is 16.8 Å². The molecule has 2 aliphatic heterocycles. The van der Waals surface area contributed by atoms with Crippen molar-refractivity contribution in [1.29, 1.82) is 0 Å². The van der Waals surface area contributed by atoms with Crippen LogP contribution in [0, 0.1) is 0 Å². The van der Waals surface area contributed by atoms with Crippen molar-refractivity contribution in [2.75, 3.05) is 37.9 Å². The summed E-state index contributed by atoms with van der Waals surface area (Å²) >= 11 is 0. The van der Waals surface area contributed by atoms with E-state index in [4.69, 9.17) is 10.5 Å². The van der Waals surface area contributed by atoms with Crippen LogP contribution in [0.15, 0.2) is 18.2 Å². The molecule has 0 aromatic heterocycles. The highest BCUT2D eigenvalue weighted by atomic mass is 16.5. The highest BCUT2D eigenvalue weighted by molar-refractivity contribution is 5.92. The molecular weight excluding hydrogens is 266 g/mol. The first-order chi connectivity index (χ1) is 10.1. The number of methoxy groups -OCH3 is 1. The molecule has 0 radical (unpaired) electrons. The zero-order valence-electron chi connectivity index (χ0n) is 12.7. The monoisotopic (exact) mass is 289 g/mol. The number of ether oxygens (including phenoxy) is 1.